The smallest absolute Gasteiger partial charge is 0.158 e. The highest BCUT2D eigenvalue weighted by Gasteiger charge is 2.11. The summed E-state index contributed by atoms with van der Waals surface area (Å²) in [7, 11) is 0. The number of hydrogen-bond donors (Lipinski definition) is 0. The number of fused-ring (bicyclic) bond motifs is 3. The SMILES string of the molecule is C1=CCOc2c3c(ccc2=C1)=NN=N3. The van der Waals surface area contributed by atoms with Crippen molar-refractivity contribution in [3.05, 3.63) is 34.9 Å². The maximum Gasteiger partial charge on any atom is 0.158 e. The first-order chi connectivity index (χ1) is 6.95. The summed E-state index contributed by atoms with van der Waals surface area (Å²) >= 11 is 0. The quantitative estimate of drug-likeness (QED) is 0.595. The van der Waals surface area contributed by atoms with Crippen molar-refractivity contribution in [2.75, 3.05) is 6.61 Å². The van der Waals surface area contributed by atoms with Crippen molar-refractivity contribution < 1.29 is 4.74 Å². The molecule has 4 nitrogen and oxygen atoms in total. The molecule has 14 heavy (non-hydrogen) atoms. The van der Waals surface area contributed by atoms with Gasteiger partial charge in [-0.25, -0.2) is 0 Å². The molecule has 0 saturated heterocycles. The molecule has 2 aliphatic rings. The molecule has 0 atom stereocenters. The lowest BCUT2D eigenvalue weighted by molar-refractivity contribution is 0.362. The minimum Gasteiger partial charge on any atom is -0.486 e. The molecular formula is C10H7N3O. The number of nitrogens with zero attached hydrogens (tertiary/aromatic N) is 3. The van der Waals surface area contributed by atoms with E-state index >= 15 is 0 Å². The zero-order chi connectivity index (χ0) is 9.38. The average molecular weight is 185 g/mol. The molecule has 0 spiro atoms. The summed E-state index contributed by atoms with van der Waals surface area (Å²) in [5.41, 5.74) is 0.738. The summed E-state index contributed by atoms with van der Waals surface area (Å²) in [5, 5.41) is 13.2. The Morgan fingerprint density at radius 2 is 2.29 bits per heavy atom. The van der Waals surface area contributed by atoms with Crippen LogP contribution in [0.15, 0.2) is 39.7 Å². The van der Waals surface area contributed by atoms with Crippen LogP contribution in [0.3, 0.4) is 0 Å². The van der Waals surface area contributed by atoms with Crippen molar-refractivity contribution in [3.63, 3.8) is 0 Å². The molecule has 2 heterocycles. The first-order valence-corrected chi connectivity index (χ1v) is 4.36. The standard InChI is InChI=1S/C10H7N3O/c1-2-6-14-10-7(3-1)4-5-8-9(10)12-13-11-8/h1-5H,6H2. The highest BCUT2D eigenvalue weighted by atomic mass is 16.5. The minimum absolute atomic E-state index is 0.565. The normalized spacial score (nSPS) is 16.0. The number of benzene rings is 1. The number of rotatable bonds is 0. The van der Waals surface area contributed by atoms with Crippen LogP contribution in [-0.2, 0) is 0 Å². The third-order valence-electron chi connectivity index (χ3n) is 2.17. The van der Waals surface area contributed by atoms with Crippen LogP contribution in [0.4, 0.5) is 5.69 Å². The third kappa shape index (κ3) is 0.970. The summed E-state index contributed by atoms with van der Waals surface area (Å²) in [6.45, 7) is 0.565. The van der Waals surface area contributed by atoms with E-state index in [1.165, 1.54) is 0 Å². The highest BCUT2D eigenvalue weighted by Crippen LogP contribution is 2.22. The van der Waals surface area contributed by atoms with Gasteiger partial charge in [0.05, 0.1) is 0 Å². The molecule has 0 N–H and O–H groups in total. The average Bonchev–Trinajstić information content (AvgIpc) is 2.55. The van der Waals surface area contributed by atoms with Crippen molar-refractivity contribution in [2.24, 2.45) is 15.4 Å². The second-order valence-corrected chi connectivity index (χ2v) is 3.05. The van der Waals surface area contributed by atoms with Crippen LogP contribution in [0.1, 0.15) is 0 Å². The third-order valence-corrected chi connectivity index (χ3v) is 2.17. The van der Waals surface area contributed by atoms with Gasteiger partial charge >= 0.3 is 0 Å². The van der Waals surface area contributed by atoms with Gasteiger partial charge in [-0.15, -0.1) is 10.2 Å². The van der Waals surface area contributed by atoms with Gasteiger partial charge in [-0.3, -0.25) is 0 Å². The Morgan fingerprint density at radius 3 is 3.29 bits per heavy atom. The molecule has 0 fully saturated rings. The molecule has 0 saturated carbocycles. The largest absolute Gasteiger partial charge is 0.486 e. The summed E-state index contributed by atoms with van der Waals surface area (Å²) in [6, 6.07) is 3.86. The number of allylic oxidation sites excluding steroid dienone is 1. The van der Waals surface area contributed by atoms with Gasteiger partial charge in [0, 0.05) is 5.22 Å². The molecule has 0 amide bonds. The predicted octanol–water partition coefficient (Wildman–Crippen LogP) is 1.05. The van der Waals surface area contributed by atoms with Crippen LogP contribution in [0.2, 0.25) is 0 Å². The summed E-state index contributed by atoms with van der Waals surface area (Å²) in [5.74, 6) is 0.775. The van der Waals surface area contributed by atoms with Gasteiger partial charge in [-0.05, 0) is 23.4 Å². The van der Waals surface area contributed by atoms with Crippen LogP contribution >= 0.6 is 0 Å². The molecule has 68 valence electrons. The second-order valence-electron chi connectivity index (χ2n) is 3.05. The Bertz CT molecular complexity index is 557. The number of ether oxygens (including phenoxy) is 1. The van der Waals surface area contributed by atoms with Gasteiger partial charge in [0.15, 0.2) is 11.4 Å². The van der Waals surface area contributed by atoms with Crippen LogP contribution < -0.4 is 15.3 Å². The van der Waals surface area contributed by atoms with Gasteiger partial charge < -0.3 is 4.74 Å². The van der Waals surface area contributed by atoms with Crippen molar-refractivity contribution >= 4 is 11.8 Å². The molecule has 1 aromatic carbocycles. The van der Waals surface area contributed by atoms with Gasteiger partial charge in [0.25, 0.3) is 0 Å². The Hall–Kier alpha value is -1.97. The van der Waals surface area contributed by atoms with Crippen molar-refractivity contribution in [2.45, 2.75) is 0 Å². The van der Waals surface area contributed by atoms with E-state index in [9.17, 15) is 0 Å². The maximum absolute atomic E-state index is 5.56. The monoisotopic (exact) mass is 185 g/mol. The van der Waals surface area contributed by atoms with E-state index in [1.807, 2.05) is 30.4 Å². The molecule has 1 aromatic rings. The van der Waals surface area contributed by atoms with E-state index < -0.39 is 0 Å². The topological polar surface area (TPSA) is 46.3 Å². The summed E-state index contributed by atoms with van der Waals surface area (Å²) in [4.78, 5) is 0. The fourth-order valence-electron chi connectivity index (χ4n) is 1.51. The van der Waals surface area contributed by atoms with Gasteiger partial charge in [0.1, 0.15) is 12.0 Å². The maximum atomic E-state index is 5.56. The van der Waals surface area contributed by atoms with Crippen LogP contribution in [-0.4, -0.2) is 6.61 Å². The second kappa shape index (κ2) is 2.77. The molecular weight excluding hydrogens is 178 g/mol. The highest BCUT2D eigenvalue weighted by molar-refractivity contribution is 5.57. The van der Waals surface area contributed by atoms with E-state index in [1.54, 1.807) is 0 Å². The van der Waals surface area contributed by atoms with E-state index in [0.717, 1.165) is 22.0 Å². The van der Waals surface area contributed by atoms with E-state index in [-0.39, 0.29) is 0 Å². The van der Waals surface area contributed by atoms with Crippen molar-refractivity contribution in [3.8, 4) is 5.75 Å². The Kier molecular flexibility index (Phi) is 1.47. The molecule has 0 radical (unpaired) electrons. The van der Waals surface area contributed by atoms with E-state index in [4.69, 9.17) is 4.74 Å². The van der Waals surface area contributed by atoms with Gasteiger partial charge in [-0.1, -0.05) is 12.2 Å². The Balaban J connectivity index is 2.39. The van der Waals surface area contributed by atoms with Gasteiger partial charge in [-0.2, -0.15) is 0 Å². The Morgan fingerprint density at radius 1 is 1.29 bits per heavy atom. The number of hydrogen-bond acceptors (Lipinski definition) is 4. The molecule has 3 rings (SSSR count). The zero-order valence-electron chi connectivity index (χ0n) is 7.34. The van der Waals surface area contributed by atoms with Crippen molar-refractivity contribution in [1.82, 2.24) is 0 Å². The summed E-state index contributed by atoms with van der Waals surface area (Å²) in [6.07, 6.45) is 5.92. The summed E-state index contributed by atoms with van der Waals surface area (Å²) < 4.78 is 5.56. The molecule has 0 unspecified atom stereocenters. The lowest BCUT2D eigenvalue weighted by Crippen LogP contribution is -2.12. The first-order valence-electron chi connectivity index (χ1n) is 4.36. The van der Waals surface area contributed by atoms with Crippen LogP contribution in [0.25, 0.3) is 6.08 Å². The molecule has 0 aliphatic carbocycles. The van der Waals surface area contributed by atoms with E-state index in [2.05, 4.69) is 15.4 Å². The fraction of sp³-hybridized carbons (Fsp3) is 0.100. The lowest BCUT2D eigenvalue weighted by atomic mass is 10.2. The molecule has 0 aromatic heterocycles. The van der Waals surface area contributed by atoms with Crippen LogP contribution in [0.5, 0.6) is 5.75 Å². The molecule has 4 heteroatoms. The molecule has 0 bridgehead atoms. The Labute approximate surface area is 79.9 Å². The molecule has 2 aliphatic heterocycles. The minimum atomic E-state index is 0.565. The van der Waals surface area contributed by atoms with Crippen molar-refractivity contribution in [1.29, 1.82) is 0 Å². The van der Waals surface area contributed by atoms with Crippen LogP contribution in [0, 0.1) is 0 Å². The fourth-order valence-corrected chi connectivity index (χ4v) is 1.51. The predicted molar refractivity (Wildman–Crippen MR) is 50.8 cm³/mol. The zero-order valence-corrected chi connectivity index (χ0v) is 7.34. The first kappa shape index (κ1) is 7.44. The van der Waals surface area contributed by atoms with Gasteiger partial charge in [0.2, 0.25) is 0 Å². The lowest BCUT2D eigenvalue weighted by Gasteiger charge is -2.03. The van der Waals surface area contributed by atoms with E-state index in [0.29, 0.717) is 6.61 Å².